The van der Waals surface area contributed by atoms with Gasteiger partial charge >= 0.3 is 6.09 Å². The molecule has 0 aromatic heterocycles. The highest BCUT2D eigenvalue weighted by Gasteiger charge is 2.28. The number of sulfonamides is 1. The first-order valence-electron chi connectivity index (χ1n) is 8.27. The standard InChI is InChI=1S/C16H25N3O5S/c1-4-23-15-7-6-13(12-14(15)17-16(20)24-5-2)25(21,22)19-10-8-18(3)9-11-19/h6-7,12H,4-5,8-11H2,1-3H3,(H,17,20). The minimum absolute atomic E-state index is 0.118. The highest BCUT2D eigenvalue weighted by atomic mass is 32.2. The number of rotatable bonds is 6. The number of amides is 1. The van der Waals surface area contributed by atoms with Crippen LogP contribution in [0.25, 0.3) is 0 Å². The molecule has 1 heterocycles. The van der Waals surface area contributed by atoms with Crippen molar-refractivity contribution in [3.8, 4) is 5.75 Å². The maximum atomic E-state index is 12.8. The second-order valence-electron chi connectivity index (χ2n) is 5.64. The molecule has 1 aliphatic heterocycles. The average molecular weight is 371 g/mol. The molecule has 1 amide bonds. The third-order valence-electron chi connectivity index (χ3n) is 3.86. The van der Waals surface area contributed by atoms with E-state index in [4.69, 9.17) is 9.47 Å². The Morgan fingerprint density at radius 3 is 2.44 bits per heavy atom. The number of ether oxygens (including phenoxy) is 2. The molecule has 0 bridgehead atoms. The summed E-state index contributed by atoms with van der Waals surface area (Å²) in [7, 11) is -1.67. The molecule has 1 aromatic carbocycles. The summed E-state index contributed by atoms with van der Waals surface area (Å²) in [5.41, 5.74) is 0.274. The minimum atomic E-state index is -3.63. The fourth-order valence-corrected chi connectivity index (χ4v) is 3.95. The maximum absolute atomic E-state index is 12.8. The number of hydrogen-bond donors (Lipinski definition) is 1. The fourth-order valence-electron chi connectivity index (χ4n) is 2.50. The normalized spacial score (nSPS) is 16.4. The van der Waals surface area contributed by atoms with Crippen LogP contribution in [0.2, 0.25) is 0 Å². The van der Waals surface area contributed by atoms with Crippen molar-refractivity contribution in [3.05, 3.63) is 18.2 Å². The van der Waals surface area contributed by atoms with E-state index >= 15 is 0 Å². The molecule has 9 heteroatoms. The van der Waals surface area contributed by atoms with Gasteiger partial charge in [-0.25, -0.2) is 13.2 Å². The molecule has 0 saturated carbocycles. The molecule has 25 heavy (non-hydrogen) atoms. The van der Waals surface area contributed by atoms with Gasteiger partial charge in [0.25, 0.3) is 0 Å². The number of piperazine rings is 1. The van der Waals surface area contributed by atoms with Gasteiger partial charge in [-0.3, -0.25) is 5.32 Å². The van der Waals surface area contributed by atoms with Crippen LogP contribution in [0.3, 0.4) is 0 Å². The highest BCUT2D eigenvalue weighted by Crippen LogP contribution is 2.29. The van der Waals surface area contributed by atoms with Crippen LogP contribution in [0.5, 0.6) is 5.75 Å². The first-order chi connectivity index (χ1) is 11.9. The molecular weight excluding hydrogens is 346 g/mol. The van der Waals surface area contributed by atoms with E-state index in [0.717, 1.165) is 0 Å². The summed E-state index contributed by atoms with van der Waals surface area (Å²) < 4.78 is 37.5. The average Bonchev–Trinajstić information content (AvgIpc) is 2.57. The summed E-state index contributed by atoms with van der Waals surface area (Å²) in [4.78, 5) is 13.9. The Hall–Kier alpha value is -1.84. The van der Waals surface area contributed by atoms with Crippen LogP contribution in [-0.4, -0.2) is 70.2 Å². The third-order valence-corrected chi connectivity index (χ3v) is 5.76. The lowest BCUT2D eigenvalue weighted by Crippen LogP contribution is -2.47. The van der Waals surface area contributed by atoms with Crippen molar-refractivity contribution in [2.45, 2.75) is 18.7 Å². The molecule has 0 aliphatic carbocycles. The molecule has 8 nitrogen and oxygen atoms in total. The molecule has 1 N–H and O–H groups in total. The molecule has 0 atom stereocenters. The van der Waals surface area contributed by atoms with Crippen molar-refractivity contribution < 1.29 is 22.7 Å². The third kappa shape index (κ3) is 4.83. The van der Waals surface area contributed by atoms with E-state index < -0.39 is 16.1 Å². The second-order valence-corrected chi connectivity index (χ2v) is 7.58. The van der Waals surface area contributed by atoms with Gasteiger partial charge in [-0.05, 0) is 39.1 Å². The lowest BCUT2D eigenvalue weighted by molar-refractivity contribution is 0.167. The van der Waals surface area contributed by atoms with Gasteiger partial charge in [0, 0.05) is 26.2 Å². The van der Waals surface area contributed by atoms with Crippen LogP contribution in [0.1, 0.15) is 13.8 Å². The van der Waals surface area contributed by atoms with Crippen LogP contribution in [0.15, 0.2) is 23.1 Å². The van der Waals surface area contributed by atoms with Crippen LogP contribution in [-0.2, 0) is 14.8 Å². The first-order valence-corrected chi connectivity index (χ1v) is 9.71. The Kier molecular flexibility index (Phi) is 6.63. The van der Waals surface area contributed by atoms with E-state index in [0.29, 0.717) is 38.5 Å². The lowest BCUT2D eigenvalue weighted by Gasteiger charge is -2.31. The number of anilines is 1. The Balaban J connectivity index is 2.29. The van der Waals surface area contributed by atoms with Gasteiger partial charge in [-0.2, -0.15) is 4.31 Å². The van der Waals surface area contributed by atoms with E-state index in [1.165, 1.54) is 16.4 Å². The van der Waals surface area contributed by atoms with Gasteiger partial charge in [0.1, 0.15) is 5.75 Å². The summed E-state index contributed by atoms with van der Waals surface area (Å²) in [6.45, 7) is 6.35. The Labute approximate surface area is 148 Å². The van der Waals surface area contributed by atoms with Crippen LogP contribution in [0.4, 0.5) is 10.5 Å². The number of carbonyl (C=O) groups excluding carboxylic acids is 1. The molecule has 1 fully saturated rings. The summed E-state index contributed by atoms with van der Waals surface area (Å²) >= 11 is 0. The van der Waals surface area contributed by atoms with E-state index in [9.17, 15) is 13.2 Å². The van der Waals surface area contributed by atoms with Gasteiger partial charge < -0.3 is 14.4 Å². The molecule has 140 valence electrons. The molecule has 1 aliphatic rings. The molecule has 0 radical (unpaired) electrons. The monoisotopic (exact) mass is 371 g/mol. The largest absolute Gasteiger partial charge is 0.492 e. The number of likely N-dealkylation sites (N-methyl/N-ethyl adjacent to an activating group) is 1. The Morgan fingerprint density at radius 1 is 1.16 bits per heavy atom. The van der Waals surface area contributed by atoms with E-state index in [1.54, 1.807) is 13.0 Å². The summed E-state index contributed by atoms with van der Waals surface area (Å²) in [5, 5.41) is 2.54. The molecule has 1 aromatic rings. The van der Waals surface area contributed by atoms with Gasteiger partial charge in [-0.15, -0.1) is 0 Å². The maximum Gasteiger partial charge on any atom is 0.411 e. The molecule has 1 saturated heterocycles. The van der Waals surface area contributed by atoms with Crippen LogP contribution in [0, 0.1) is 0 Å². The second kappa shape index (κ2) is 8.50. The number of nitrogens with zero attached hydrogens (tertiary/aromatic N) is 2. The van der Waals surface area contributed by atoms with Crippen molar-refractivity contribution in [3.63, 3.8) is 0 Å². The lowest BCUT2D eigenvalue weighted by atomic mass is 10.3. The van der Waals surface area contributed by atoms with Crippen molar-refractivity contribution in [1.82, 2.24) is 9.21 Å². The van der Waals surface area contributed by atoms with E-state index in [-0.39, 0.29) is 17.2 Å². The summed E-state index contributed by atoms with van der Waals surface area (Å²) in [6, 6.07) is 4.46. The zero-order valence-electron chi connectivity index (χ0n) is 14.8. The number of nitrogens with one attached hydrogen (secondary N) is 1. The van der Waals surface area contributed by atoms with Gasteiger partial charge in [0.15, 0.2) is 0 Å². The molecule has 2 rings (SSSR count). The van der Waals surface area contributed by atoms with Crippen molar-refractivity contribution in [2.75, 3.05) is 51.8 Å². The van der Waals surface area contributed by atoms with E-state index in [1.807, 2.05) is 14.0 Å². The minimum Gasteiger partial charge on any atom is -0.492 e. The van der Waals surface area contributed by atoms with Crippen molar-refractivity contribution >= 4 is 21.8 Å². The zero-order chi connectivity index (χ0) is 18.4. The number of carbonyl (C=O) groups is 1. The fraction of sp³-hybridized carbons (Fsp3) is 0.562. The summed E-state index contributed by atoms with van der Waals surface area (Å²) in [6.07, 6.45) is -0.655. The molecular formula is C16H25N3O5S. The van der Waals surface area contributed by atoms with Crippen molar-refractivity contribution in [2.24, 2.45) is 0 Å². The molecule has 0 unspecified atom stereocenters. The van der Waals surface area contributed by atoms with Gasteiger partial charge in [-0.1, -0.05) is 0 Å². The predicted molar refractivity (Wildman–Crippen MR) is 94.5 cm³/mol. The van der Waals surface area contributed by atoms with Crippen LogP contribution < -0.4 is 10.1 Å². The summed E-state index contributed by atoms with van der Waals surface area (Å²) in [5.74, 6) is 0.396. The van der Waals surface area contributed by atoms with Gasteiger partial charge in [0.05, 0.1) is 23.8 Å². The topological polar surface area (TPSA) is 88.2 Å². The zero-order valence-corrected chi connectivity index (χ0v) is 15.6. The van der Waals surface area contributed by atoms with Gasteiger partial charge in [0.2, 0.25) is 10.0 Å². The SMILES string of the molecule is CCOC(=O)Nc1cc(S(=O)(=O)N2CCN(C)CC2)ccc1OCC. The number of benzene rings is 1. The van der Waals surface area contributed by atoms with Crippen LogP contribution >= 0.6 is 0 Å². The van der Waals surface area contributed by atoms with Crippen molar-refractivity contribution in [1.29, 1.82) is 0 Å². The molecule has 0 spiro atoms. The highest BCUT2D eigenvalue weighted by molar-refractivity contribution is 7.89. The van der Waals surface area contributed by atoms with E-state index in [2.05, 4.69) is 10.2 Å². The first kappa shape index (κ1) is 19.5. The Bertz CT molecular complexity index is 700. The Morgan fingerprint density at radius 2 is 1.84 bits per heavy atom. The number of hydrogen-bond acceptors (Lipinski definition) is 6. The quantitative estimate of drug-likeness (QED) is 0.817. The smallest absolute Gasteiger partial charge is 0.411 e. The predicted octanol–water partition coefficient (Wildman–Crippen LogP) is 1.59.